The van der Waals surface area contributed by atoms with Crippen molar-refractivity contribution in [2.45, 2.75) is 31.1 Å². The molecule has 6 heteroatoms. The third-order valence-electron chi connectivity index (χ3n) is 4.99. The van der Waals surface area contributed by atoms with Crippen LogP contribution in [0.3, 0.4) is 0 Å². The van der Waals surface area contributed by atoms with Crippen LogP contribution >= 0.6 is 0 Å². The molecule has 2 aromatic carbocycles. The first-order chi connectivity index (χ1) is 12.0. The first kappa shape index (κ1) is 16.1. The number of sulfonamides is 1. The number of carbonyl (C=O) groups is 1. The van der Waals surface area contributed by atoms with Gasteiger partial charge in [0.2, 0.25) is 5.91 Å². The molecular weight excluding hydrogens is 336 g/mol. The highest BCUT2D eigenvalue weighted by Crippen LogP contribution is 2.35. The standard InChI is InChI=1S/C19H20N2O3S/c1-14(22)20-12-10-16-8-9-17(13-19(16)20)25(23,24)21-11-4-6-15-5-2-3-7-18(15)21/h2-3,5,7-9,13H,4,6,10-12H2,1H3. The van der Waals surface area contributed by atoms with Gasteiger partial charge in [0.15, 0.2) is 0 Å². The first-order valence-electron chi connectivity index (χ1n) is 8.50. The number of aryl methyl sites for hydroxylation is 1. The number of benzene rings is 2. The number of fused-ring (bicyclic) bond motifs is 2. The van der Waals surface area contributed by atoms with Crippen molar-refractivity contribution in [2.75, 3.05) is 22.3 Å². The topological polar surface area (TPSA) is 57.7 Å². The Morgan fingerprint density at radius 3 is 2.52 bits per heavy atom. The van der Waals surface area contributed by atoms with Crippen LogP contribution in [0.4, 0.5) is 11.4 Å². The Labute approximate surface area is 147 Å². The molecule has 0 aromatic heterocycles. The minimum absolute atomic E-state index is 0.0587. The van der Waals surface area contributed by atoms with Gasteiger partial charge >= 0.3 is 0 Å². The second-order valence-electron chi connectivity index (χ2n) is 6.52. The summed E-state index contributed by atoms with van der Waals surface area (Å²) < 4.78 is 28.0. The van der Waals surface area contributed by atoms with E-state index in [1.807, 2.05) is 30.3 Å². The zero-order chi connectivity index (χ0) is 17.6. The molecule has 2 aliphatic rings. The highest BCUT2D eigenvalue weighted by molar-refractivity contribution is 7.92. The van der Waals surface area contributed by atoms with Crippen molar-refractivity contribution in [3.8, 4) is 0 Å². The average Bonchev–Trinajstić information content (AvgIpc) is 3.04. The summed E-state index contributed by atoms with van der Waals surface area (Å²) in [6, 6.07) is 12.8. The summed E-state index contributed by atoms with van der Waals surface area (Å²) in [4.78, 5) is 13.7. The monoisotopic (exact) mass is 356 g/mol. The Bertz CT molecular complexity index is 953. The van der Waals surface area contributed by atoms with E-state index in [1.165, 1.54) is 11.2 Å². The smallest absolute Gasteiger partial charge is 0.264 e. The molecule has 0 atom stereocenters. The van der Waals surface area contributed by atoms with Crippen LogP contribution < -0.4 is 9.21 Å². The molecule has 130 valence electrons. The van der Waals surface area contributed by atoms with Crippen LogP contribution in [-0.4, -0.2) is 27.4 Å². The van der Waals surface area contributed by atoms with Gasteiger partial charge < -0.3 is 4.90 Å². The number of anilines is 2. The Morgan fingerprint density at radius 1 is 0.960 bits per heavy atom. The molecule has 4 rings (SSSR count). The van der Waals surface area contributed by atoms with Gasteiger partial charge in [-0.25, -0.2) is 8.42 Å². The number of carbonyl (C=O) groups excluding carboxylic acids is 1. The maximum absolute atomic E-state index is 13.2. The van der Waals surface area contributed by atoms with Crippen molar-refractivity contribution >= 4 is 27.3 Å². The maximum Gasteiger partial charge on any atom is 0.264 e. The zero-order valence-electron chi connectivity index (χ0n) is 14.1. The molecule has 25 heavy (non-hydrogen) atoms. The lowest BCUT2D eigenvalue weighted by atomic mass is 10.0. The predicted molar refractivity (Wildman–Crippen MR) is 97.5 cm³/mol. The van der Waals surface area contributed by atoms with E-state index in [0.717, 1.165) is 41.8 Å². The Morgan fingerprint density at radius 2 is 1.72 bits per heavy atom. The van der Waals surface area contributed by atoms with Crippen LogP contribution in [0, 0.1) is 0 Å². The van der Waals surface area contributed by atoms with Crippen molar-refractivity contribution in [2.24, 2.45) is 0 Å². The van der Waals surface area contributed by atoms with Crippen LogP contribution in [0.25, 0.3) is 0 Å². The molecule has 2 heterocycles. The molecule has 0 fully saturated rings. The van der Waals surface area contributed by atoms with Gasteiger partial charge in [-0.2, -0.15) is 0 Å². The molecule has 0 radical (unpaired) electrons. The zero-order valence-corrected chi connectivity index (χ0v) is 14.9. The minimum atomic E-state index is -3.65. The van der Waals surface area contributed by atoms with Crippen molar-refractivity contribution < 1.29 is 13.2 Å². The summed E-state index contributed by atoms with van der Waals surface area (Å²) in [6.07, 6.45) is 2.47. The highest BCUT2D eigenvalue weighted by atomic mass is 32.2. The SMILES string of the molecule is CC(=O)N1CCc2ccc(S(=O)(=O)N3CCCc4ccccc43)cc21. The van der Waals surface area contributed by atoms with Gasteiger partial charge in [0.05, 0.1) is 10.6 Å². The molecule has 2 aliphatic heterocycles. The van der Waals surface area contributed by atoms with Crippen molar-refractivity contribution in [3.05, 3.63) is 53.6 Å². The molecule has 2 aromatic rings. The normalized spacial score (nSPS) is 16.5. The fourth-order valence-electron chi connectivity index (χ4n) is 3.72. The van der Waals surface area contributed by atoms with Crippen molar-refractivity contribution in [1.82, 2.24) is 0 Å². The second kappa shape index (κ2) is 5.88. The lowest BCUT2D eigenvalue weighted by molar-refractivity contribution is -0.116. The van der Waals surface area contributed by atoms with Gasteiger partial charge in [0.1, 0.15) is 0 Å². The van der Waals surface area contributed by atoms with Crippen LogP contribution in [0.5, 0.6) is 0 Å². The fraction of sp³-hybridized carbons (Fsp3) is 0.316. The summed E-state index contributed by atoms with van der Waals surface area (Å²) in [7, 11) is -3.65. The van der Waals surface area contributed by atoms with E-state index in [2.05, 4.69) is 0 Å². The largest absolute Gasteiger partial charge is 0.312 e. The number of hydrogen-bond acceptors (Lipinski definition) is 3. The molecule has 0 aliphatic carbocycles. The minimum Gasteiger partial charge on any atom is -0.312 e. The lowest BCUT2D eigenvalue weighted by Gasteiger charge is -2.30. The van der Waals surface area contributed by atoms with Crippen LogP contribution in [0.15, 0.2) is 47.4 Å². The predicted octanol–water partition coefficient (Wildman–Crippen LogP) is 2.74. The fourth-order valence-corrected chi connectivity index (χ4v) is 5.28. The number of para-hydroxylation sites is 1. The van der Waals surface area contributed by atoms with Crippen LogP contribution in [0.2, 0.25) is 0 Å². The quantitative estimate of drug-likeness (QED) is 0.831. The highest BCUT2D eigenvalue weighted by Gasteiger charge is 2.31. The number of hydrogen-bond donors (Lipinski definition) is 0. The summed E-state index contributed by atoms with van der Waals surface area (Å²) in [6.45, 7) is 2.60. The molecular formula is C19H20N2O3S. The van der Waals surface area contributed by atoms with Gasteiger partial charge in [0, 0.05) is 25.7 Å². The summed E-state index contributed by atoms with van der Waals surface area (Å²) in [5, 5.41) is 0. The van der Waals surface area contributed by atoms with E-state index in [0.29, 0.717) is 13.1 Å². The lowest BCUT2D eigenvalue weighted by Crippen LogP contribution is -2.35. The van der Waals surface area contributed by atoms with E-state index in [-0.39, 0.29) is 10.8 Å². The number of rotatable bonds is 2. The van der Waals surface area contributed by atoms with Crippen LogP contribution in [0.1, 0.15) is 24.5 Å². The Hall–Kier alpha value is -2.34. The summed E-state index contributed by atoms with van der Waals surface area (Å²) >= 11 is 0. The number of amides is 1. The van der Waals surface area contributed by atoms with E-state index < -0.39 is 10.0 Å². The van der Waals surface area contributed by atoms with Gasteiger partial charge in [-0.05, 0) is 48.6 Å². The molecule has 0 unspecified atom stereocenters. The Balaban J connectivity index is 1.78. The molecule has 0 N–H and O–H groups in total. The van der Waals surface area contributed by atoms with Crippen molar-refractivity contribution in [1.29, 1.82) is 0 Å². The van der Waals surface area contributed by atoms with Crippen molar-refractivity contribution in [3.63, 3.8) is 0 Å². The third-order valence-corrected chi connectivity index (χ3v) is 6.80. The summed E-state index contributed by atoms with van der Waals surface area (Å²) in [5.74, 6) is -0.0587. The molecule has 0 spiro atoms. The molecule has 0 saturated carbocycles. The van der Waals surface area contributed by atoms with Crippen LogP contribution in [-0.2, 0) is 27.7 Å². The summed E-state index contributed by atoms with van der Waals surface area (Å²) in [5.41, 5.74) is 3.56. The first-order valence-corrected chi connectivity index (χ1v) is 9.94. The molecule has 5 nitrogen and oxygen atoms in total. The van der Waals surface area contributed by atoms with Gasteiger partial charge in [-0.3, -0.25) is 9.10 Å². The second-order valence-corrected chi connectivity index (χ2v) is 8.38. The Kier molecular flexibility index (Phi) is 3.80. The molecule has 0 saturated heterocycles. The molecule has 1 amide bonds. The molecule has 0 bridgehead atoms. The van der Waals surface area contributed by atoms with Gasteiger partial charge in [0.25, 0.3) is 10.0 Å². The number of nitrogens with zero attached hydrogens (tertiary/aromatic N) is 2. The maximum atomic E-state index is 13.2. The van der Waals surface area contributed by atoms with E-state index in [4.69, 9.17) is 0 Å². The third kappa shape index (κ3) is 2.61. The van der Waals surface area contributed by atoms with Gasteiger partial charge in [-0.15, -0.1) is 0 Å². The van der Waals surface area contributed by atoms with E-state index >= 15 is 0 Å². The van der Waals surface area contributed by atoms with E-state index in [9.17, 15) is 13.2 Å². The average molecular weight is 356 g/mol. The van der Waals surface area contributed by atoms with E-state index in [1.54, 1.807) is 17.0 Å². The van der Waals surface area contributed by atoms with Gasteiger partial charge in [-0.1, -0.05) is 24.3 Å².